The first-order chi connectivity index (χ1) is 13.8. The Balaban J connectivity index is 1.81. The van der Waals surface area contributed by atoms with Gasteiger partial charge in [-0.15, -0.1) is 0 Å². The molecule has 2 heterocycles. The lowest BCUT2D eigenvalue weighted by molar-refractivity contribution is 0.0966. The van der Waals surface area contributed by atoms with Crippen LogP contribution in [0.5, 0.6) is 0 Å². The van der Waals surface area contributed by atoms with Gasteiger partial charge < -0.3 is 0 Å². The summed E-state index contributed by atoms with van der Waals surface area (Å²) in [6, 6.07) is 12.5. The number of fused-ring (bicyclic) bond motifs is 1. The number of hydrogen-bond donors (Lipinski definition) is 0. The number of halogens is 1. The SMILES string of the molecule is Cc1ccc(-n2ncc3c(C)nn(CC(=O)c4ccc(Cl)cc4)c(=O)c32)cc1C. The molecule has 0 saturated carbocycles. The second-order valence-electron chi connectivity index (χ2n) is 7.07. The van der Waals surface area contributed by atoms with Crippen molar-refractivity contribution in [3.05, 3.63) is 86.4 Å². The predicted molar refractivity (Wildman–Crippen MR) is 113 cm³/mol. The minimum Gasteiger partial charge on any atom is -0.292 e. The Morgan fingerprint density at radius 1 is 1.03 bits per heavy atom. The van der Waals surface area contributed by atoms with Crippen LogP contribution in [-0.2, 0) is 6.54 Å². The van der Waals surface area contributed by atoms with Crippen LogP contribution in [-0.4, -0.2) is 25.3 Å². The van der Waals surface area contributed by atoms with Crippen LogP contribution in [0.15, 0.2) is 53.5 Å². The Morgan fingerprint density at radius 3 is 2.45 bits per heavy atom. The molecular weight excluding hydrogens is 388 g/mol. The van der Waals surface area contributed by atoms with Gasteiger partial charge >= 0.3 is 0 Å². The molecule has 0 aliphatic carbocycles. The van der Waals surface area contributed by atoms with Crippen molar-refractivity contribution in [2.45, 2.75) is 27.3 Å². The molecule has 0 fully saturated rings. The summed E-state index contributed by atoms with van der Waals surface area (Å²) in [6.07, 6.45) is 1.64. The van der Waals surface area contributed by atoms with Gasteiger partial charge in [-0.3, -0.25) is 9.59 Å². The number of benzene rings is 2. The fourth-order valence-electron chi connectivity index (χ4n) is 3.24. The van der Waals surface area contributed by atoms with Crippen LogP contribution in [0.3, 0.4) is 0 Å². The molecule has 7 heteroatoms. The highest BCUT2D eigenvalue weighted by Gasteiger charge is 2.17. The number of aryl methyl sites for hydroxylation is 3. The third kappa shape index (κ3) is 3.47. The zero-order valence-corrected chi connectivity index (χ0v) is 17.1. The molecule has 0 N–H and O–H groups in total. The Kier molecular flexibility index (Phi) is 4.80. The van der Waals surface area contributed by atoms with Crippen molar-refractivity contribution in [3.63, 3.8) is 0 Å². The van der Waals surface area contributed by atoms with E-state index in [2.05, 4.69) is 10.2 Å². The monoisotopic (exact) mass is 406 g/mol. The number of Topliss-reactive ketones (excluding diaryl/α,β-unsaturated/α-hetero) is 1. The standard InChI is InChI=1S/C22H19ClN4O2/c1-13-4-9-18(10-14(13)2)27-21-19(11-24-27)15(3)25-26(22(21)29)12-20(28)16-5-7-17(23)8-6-16/h4-11H,12H2,1-3H3. The fourth-order valence-corrected chi connectivity index (χ4v) is 3.37. The number of rotatable bonds is 4. The number of ketones is 1. The molecule has 0 aliphatic rings. The Bertz CT molecular complexity index is 1300. The van der Waals surface area contributed by atoms with Crippen molar-refractivity contribution in [1.29, 1.82) is 0 Å². The molecule has 0 atom stereocenters. The number of hydrogen-bond acceptors (Lipinski definition) is 4. The third-order valence-corrected chi connectivity index (χ3v) is 5.31. The van der Waals surface area contributed by atoms with E-state index in [1.165, 1.54) is 4.68 Å². The Hall–Kier alpha value is -3.25. The van der Waals surface area contributed by atoms with Gasteiger partial charge in [0, 0.05) is 16.0 Å². The predicted octanol–water partition coefficient (Wildman–Crippen LogP) is 4.04. The number of aromatic nitrogens is 4. The average Bonchev–Trinajstić information content (AvgIpc) is 3.14. The molecule has 0 radical (unpaired) electrons. The van der Waals surface area contributed by atoms with Gasteiger partial charge in [0.15, 0.2) is 5.78 Å². The largest absolute Gasteiger partial charge is 0.293 e. The van der Waals surface area contributed by atoms with E-state index < -0.39 is 0 Å². The summed E-state index contributed by atoms with van der Waals surface area (Å²) in [6.45, 7) is 5.69. The molecule has 0 unspecified atom stereocenters. The maximum atomic E-state index is 13.2. The van der Waals surface area contributed by atoms with Crippen LogP contribution in [0.4, 0.5) is 0 Å². The molecule has 0 bridgehead atoms. The first kappa shape index (κ1) is 19.1. The molecule has 146 valence electrons. The lowest BCUT2D eigenvalue weighted by Gasteiger charge is -2.09. The molecule has 0 amide bonds. The number of carbonyl (C=O) groups excluding carboxylic acids is 1. The zero-order valence-electron chi connectivity index (χ0n) is 16.3. The maximum absolute atomic E-state index is 13.2. The van der Waals surface area contributed by atoms with E-state index in [1.54, 1.807) is 42.1 Å². The second kappa shape index (κ2) is 7.29. The molecule has 0 aliphatic heterocycles. The van der Waals surface area contributed by atoms with E-state index >= 15 is 0 Å². The summed E-state index contributed by atoms with van der Waals surface area (Å²) in [5.74, 6) is -0.215. The smallest absolute Gasteiger partial charge is 0.292 e. The first-order valence-electron chi connectivity index (χ1n) is 9.17. The molecular formula is C22H19ClN4O2. The van der Waals surface area contributed by atoms with Gasteiger partial charge in [0.25, 0.3) is 5.56 Å². The van der Waals surface area contributed by atoms with Gasteiger partial charge in [0.05, 0.1) is 17.6 Å². The summed E-state index contributed by atoms with van der Waals surface area (Å²) in [4.78, 5) is 25.8. The molecule has 29 heavy (non-hydrogen) atoms. The maximum Gasteiger partial charge on any atom is 0.293 e. The molecule has 2 aromatic carbocycles. The van der Waals surface area contributed by atoms with E-state index in [9.17, 15) is 9.59 Å². The first-order valence-corrected chi connectivity index (χ1v) is 9.55. The van der Waals surface area contributed by atoms with E-state index in [0.29, 0.717) is 27.2 Å². The molecule has 4 rings (SSSR count). The van der Waals surface area contributed by atoms with E-state index in [4.69, 9.17) is 11.6 Å². The van der Waals surface area contributed by atoms with Crippen molar-refractivity contribution in [2.24, 2.45) is 0 Å². The molecule has 2 aromatic heterocycles. The summed E-state index contributed by atoms with van der Waals surface area (Å²) < 4.78 is 2.82. The van der Waals surface area contributed by atoms with Crippen molar-refractivity contribution in [1.82, 2.24) is 19.6 Å². The van der Waals surface area contributed by atoms with Crippen molar-refractivity contribution in [2.75, 3.05) is 0 Å². The normalized spacial score (nSPS) is 11.2. The third-order valence-electron chi connectivity index (χ3n) is 5.06. The van der Waals surface area contributed by atoms with Crippen molar-refractivity contribution < 1.29 is 4.79 Å². The summed E-state index contributed by atoms with van der Waals surface area (Å²) in [5, 5.41) is 9.95. The lowest BCUT2D eigenvalue weighted by atomic mass is 10.1. The lowest BCUT2D eigenvalue weighted by Crippen LogP contribution is -2.28. The van der Waals surface area contributed by atoms with Crippen molar-refractivity contribution in [3.8, 4) is 5.69 Å². The number of carbonyl (C=O) groups is 1. The summed E-state index contributed by atoms with van der Waals surface area (Å²) in [7, 11) is 0. The van der Waals surface area contributed by atoms with Gasteiger partial charge in [-0.1, -0.05) is 17.7 Å². The Labute approximate surface area is 172 Å². The van der Waals surface area contributed by atoms with Gasteiger partial charge in [-0.05, 0) is 68.3 Å². The second-order valence-corrected chi connectivity index (χ2v) is 7.50. The van der Waals surface area contributed by atoms with Gasteiger partial charge in [0.1, 0.15) is 12.1 Å². The van der Waals surface area contributed by atoms with Gasteiger partial charge in [-0.25, -0.2) is 9.36 Å². The van der Waals surface area contributed by atoms with Crippen LogP contribution in [0, 0.1) is 20.8 Å². The quantitative estimate of drug-likeness (QED) is 0.479. The topological polar surface area (TPSA) is 69.8 Å². The highest BCUT2D eigenvalue weighted by molar-refractivity contribution is 6.30. The van der Waals surface area contributed by atoms with Gasteiger partial charge in [0.2, 0.25) is 0 Å². The van der Waals surface area contributed by atoms with E-state index in [0.717, 1.165) is 16.8 Å². The molecule has 0 spiro atoms. The number of nitrogens with zero attached hydrogens (tertiary/aromatic N) is 4. The van der Waals surface area contributed by atoms with Crippen molar-refractivity contribution >= 4 is 28.3 Å². The van der Waals surface area contributed by atoms with E-state index in [1.807, 2.05) is 32.0 Å². The van der Waals surface area contributed by atoms with Crippen LogP contribution >= 0.6 is 11.6 Å². The minimum absolute atomic E-state index is 0.157. The molecule has 6 nitrogen and oxygen atoms in total. The van der Waals surface area contributed by atoms with Crippen LogP contribution in [0.1, 0.15) is 27.2 Å². The van der Waals surface area contributed by atoms with Crippen LogP contribution in [0.25, 0.3) is 16.6 Å². The van der Waals surface area contributed by atoms with Crippen LogP contribution < -0.4 is 5.56 Å². The zero-order chi connectivity index (χ0) is 20.7. The molecule has 4 aromatic rings. The van der Waals surface area contributed by atoms with Crippen LogP contribution in [0.2, 0.25) is 5.02 Å². The average molecular weight is 407 g/mol. The highest BCUT2D eigenvalue weighted by atomic mass is 35.5. The highest BCUT2D eigenvalue weighted by Crippen LogP contribution is 2.19. The summed E-state index contributed by atoms with van der Waals surface area (Å²) in [5.41, 5.74) is 4.22. The fraction of sp³-hybridized carbons (Fsp3) is 0.182. The summed E-state index contributed by atoms with van der Waals surface area (Å²) >= 11 is 5.88. The molecule has 0 saturated heterocycles. The Morgan fingerprint density at radius 2 is 1.76 bits per heavy atom. The van der Waals surface area contributed by atoms with E-state index in [-0.39, 0.29) is 17.9 Å². The minimum atomic E-state index is -0.358. The van der Waals surface area contributed by atoms with Gasteiger partial charge in [-0.2, -0.15) is 10.2 Å².